The van der Waals surface area contributed by atoms with Crippen LogP contribution < -0.4 is 11.1 Å². The smallest absolute Gasteiger partial charge is 0.0144 e. The fourth-order valence-corrected chi connectivity index (χ4v) is 0.980. The molecule has 0 unspecified atom stereocenters. The third kappa shape index (κ3) is 4.45. The van der Waals surface area contributed by atoms with Crippen molar-refractivity contribution in [2.45, 2.75) is 0 Å². The topological polar surface area (TPSA) is 38.0 Å². The second kappa shape index (κ2) is 6.40. The van der Waals surface area contributed by atoms with E-state index in [4.69, 9.17) is 5.73 Å². The molecule has 0 saturated carbocycles. The van der Waals surface area contributed by atoms with E-state index in [0.29, 0.717) is 6.54 Å². The lowest BCUT2D eigenvalue weighted by Crippen LogP contribution is -2.22. The van der Waals surface area contributed by atoms with Gasteiger partial charge in [-0.3, -0.25) is 0 Å². The second-order valence-corrected chi connectivity index (χ2v) is 2.71. The maximum absolute atomic E-state index is 5.33. The van der Waals surface area contributed by atoms with E-state index in [1.165, 1.54) is 0 Å². The van der Waals surface area contributed by atoms with Crippen LogP contribution in [0, 0.1) is 6.08 Å². The molecule has 3 N–H and O–H groups in total. The molecular weight excluding hydrogens is 160 g/mol. The first kappa shape index (κ1) is 9.96. The summed E-state index contributed by atoms with van der Waals surface area (Å²) in [7, 11) is 0. The molecule has 2 heteroatoms. The molecular formula is C11H15N2. The van der Waals surface area contributed by atoms with Crippen LogP contribution in [0.4, 0.5) is 0 Å². The Bertz CT molecular complexity index is 242. The first-order chi connectivity index (χ1) is 6.43. The second-order valence-electron chi connectivity index (χ2n) is 2.71. The largest absolute Gasteiger partial charge is 0.329 e. The van der Waals surface area contributed by atoms with E-state index in [1.54, 1.807) is 0 Å². The monoisotopic (exact) mass is 175 g/mol. The van der Waals surface area contributed by atoms with E-state index in [9.17, 15) is 0 Å². The average molecular weight is 175 g/mol. The minimum absolute atomic E-state index is 0.680. The zero-order valence-corrected chi connectivity index (χ0v) is 7.66. The minimum atomic E-state index is 0.680. The molecule has 1 aromatic carbocycles. The number of nitrogens with two attached hydrogens (primary N) is 1. The number of hydrogen-bond acceptors (Lipinski definition) is 2. The summed E-state index contributed by atoms with van der Waals surface area (Å²) >= 11 is 0. The molecule has 1 radical (unpaired) electrons. The fraction of sp³-hybridized carbons (Fsp3) is 0.273. The molecule has 0 amide bonds. The maximum Gasteiger partial charge on any atom is 0.0144 e. The van der Waals surface area contributed by atoms with E-state index in [2.05, 4.69) is 11.4 Å². The number of rotatable bonds is 5. The average Bonchev–Trinajstić information content (AvgIpc) is 2.19. The Kier molecular flexibility index (Phi) is 4.91. The first-order valence-electron chi connectivity index (χ1n) is 4.47. The van der Waals surface area contributed by atoms with Crippen LogP contribution in [0.2, 0.25) is 0 Å². The summed E-state index contributed by atoms with van der Waals surface area (Å²) in [6.45, 7) is 2.36. The molecule has 2 nitrogen and oxygen atoms in total. The van der Waals surface area contributed by atoms with Crippen LogP contribution in [0.3, 0.4) is 0 Å². The predicted octanol–water partition coefficient (Wildman–Crippen LogP) is 0.942. The van der Waals surface area contributed by atoms with Crippen LogP contribution in [-0.2, 0) is 0 Å². The van der Waals surface area contributed by atoms with Crippen molar-refractivity contribution in [3.05, 3.63) is 48.0 Å². The maximum atomic E-state index is 5.33. The molecule has 0 saturated heterocycles. The number of hydrogen-bond donors (Lipinski definition) is 2. The van der Waals surface area contributed by atoms with Crippen molar-refractivity contribution in [3.63, 3.8) is 0 Å². The molecule has 0 aliphatic carbocycles. The Labute approximate surface area is 79.5 Å². The summed E-state index contributed by atoms with van der Waals surface area (Å²) in [5.74, 6) is 0. The van der Waals surface area contributed by atoms with Gasteiger partial charge in [0.2, 0.25) is 0 Å². The van der Waals surface area contributed by atoms with Crippen molar-refractivity contribution in [1.82, 2.24) is 5.32 Å². The van der Waals surface area contributed by atoms with E-state index >= 15 is 0 Å². The van der Waals surface area contributed by atoms with Crippen molar-refractivity contribution in [1.29, 1.82) is 0 Å². The highest BCUT2D eigenvalue weighted by molar-refractivity contribution is 5.21. The van der Waals surface area contributed by atoms with Gasteiger partial charge in [-0.1, -0.05) is 36.4 Å². The van der Waals surface area contributed by atoms with Crippen molar-refractivity contribution in [2.24, 2.45) is 5.73 Å². The lowest BCUT2D eigenvalue weighted by atomic mass is 10.2. The molecule has 1 aromatic rings. The molecule has 0 fully saturated rings. The number of benzene rings is 1. The van der Waals surface area contributed by atoms with Crippen LogP contribution in [-0.4, -0.2) is 19.6 Å². The molecule has 0 atom stereocenters. The molecule has 1 rings (SSSR count). The summed E-state index contributed by atoms with van der Waals surface area (Å²) < 4.78 is 0. The molecule has 0 aliphatic heterocycles. The lowest BCUT2D eigenvalue weighted by molar-refractivity contribution is 0.753. The molecule has 0 bridgehead atoms. The van der Waals surface area contributed by atoms with Crippen molar-refractivity contribution < 1.29 is 0 Å². The van der Waals surface area contributed by atoms with Gasteiger partial charge in [-0.05, 0) is 11.6 Å². The van der Waals surface area contributed by atoms with Crippen LogP contribution in [0.25, 0.3) is 0 Å². The zero-order chi connectivity index (χ0) is 9.36. The Hall–Kier alpha value is -1.12. The summed E-state index contributed by atoms with van der Waals surface area (Å²) in [4.78, 5) is 0. The van der Waals surface area contributed by atoms with Crippen LogP contribution in [0.1, 0.15) is 5.56 Å². The van der Waals surface area contributed by atoms with Crippen LogP contribution in [0.15, 0.2) is 36.4 Å². The third-order valence-electron chi connectivity index (χ3n) is 1.61. The molecule has 0 heterocycles. The normalized spacial score (nSPS) is 10.8. The minimum Gasteiger partial charge on any atom is -0.329 e. The molecule has 0 aliphatic rings. The van der Waals surface area contributed by atoms with Gasteiger partial charge < -0.3 is 11.1 Å². The standard InChI is InChI=1S/C11H15N2/c12-8-10-13-9-4-7-11-5-2-1-3-6-11/h1-6,13H,8-10,12H2. The Morgan fingerprint density at radius 2 is 2.08 bits per heavy atom. The highest BCUT2D eigenvalue weighted by Crippen LogP contribution is 1.96. The molecule has 69 valence electrons. The fourth-order valence-electron chi connectivity index (χ4n) is 0.980. The molecule has 0 spiro atoms. The van der Waals surface area contributed by atoms with E-state index in [-0.39, 0.29) is 0 Å². The van der Waals surface area contributed by atoms with Gasteiger partial charge in [-0.2, -0.15) is 0 Å². The van der Waals surface area contributed by atoms with Crippen molar-refractivity contribution in [2.75, 3.05) is 19.6 Å². The van der Waals surface area contributed by atoms with Gasteiger partial charge in [0.05, 0.1) is 0 Å². The van der Waals surface area contributed by atoms with Gasteiger partial charge in [0.1, 0.15) is 0 Å². The van der Waals surface area contributed by atoms with E-state index in [0.717, 1.165) is 18.7 Å². The zero-order valence-electron chi connectivity index (χ0n) is 7.66. The summed E-state index contributed by atoms with van der Waals surface area (Å²) in [6.07, 6.45) is 5.15. The van der Waals surface area contributed by atoms with Gasteiger partial charge in [0.15, 0.2) is 0 Å². The SMILES string of the molecule is NCCNCC=[C]c1ccccc1. The Balaban J connectivity index is 2.25. The van der Waals surface area contributed by atoms with Gasteiger partial charge in [-0.15, -0.1) is 0 Å². The van der Waals surface area contributed by atoms with Crippen molar-refractivity contribution >= 4 is 0 Å². The van der Waals surface area contributed by atoms with E-state index < -0.39 is 0 Å². The molecule has 0 aromatic heterocycles. The van der Waals surface area contributed by atoms with Gasteiger partial charge in [-0.25, -0.2) is 0 Å². The van der Waals surface area contributed by atoms with Gasteiger partial charge >= 0.3 is 0 Å². The van der Waals surface area contributed by atoms with Gasteiger partial charge in [0.25, 0.3) is 0 Å². The highest BCUT2D eigenvalue weighted by atomic mass is 14.9. The van der Waals surface area contributed by atoms with Gasteiger partial charge in [0, 0.05) is 19.6 Å². The Morgan fingerprint density at radius 1 is 1.31 bits per heavy atom. The summed E-state index contributed by atoms with van der Waals surface area (Å²) in [6, 6.07) is 10.1. The quantitative estimate of drug-likeness (QED) is 0.654. The van der Waals surface area contributed by atoms with Crippen molar-refractivity contribution in [3.8, 4) is 0 Å². The Morgan fingerprint density at radius 3 is 2.77 bits per heavy atom. The summed E-state index contributed by atoms with van der Waals surface area (Å²) in [5.41, 5.74) is 6.43. The molecule has 13 heavy (non-hydrogen) atoms. The first-order valence-corrected chi connectivity index (χ1v) is 4.47. The van der Waals surface area contributed by atoms with E-state index in [1.807, 2.05) is 36.4 Å². The summed E-state index contributed by atoms with van der Waals surface area (Å²) in [5, 5.41) is 3.16. The predicted molar refractivity (Wildman–Crippen MR) is 55.3 cm³/mol. The third-order valence-corrected chi connectivity index (χ3v) is 1.61. The van der Waals surface area contributed by atoms with Crippen LogP contribution >= 0.6 is 0 Å². The lowest BCUT2D eigenvalue weighted by Gasteiger charge is -1.95. The number of nitrogens with one attached hydrogen (secondary N) is 1. The van der Waals surface area contributed by atoms with Crippen LogP contribution in [0.5, 0.6) is 0 Å². The highest BCUT2D eigenvalue weighted by Gasteiger charge is 1.83.